The average molecular weight is 318 g/mol. The Balaban J connectivity index is 2.21. The van der Waals surface area contributed by atoms with Gasteiger partial charge in [-0.15, -0.1) is 0 Å². The van der Waals surface area contributed by atoms with Crippen molar-refractivity contribution in [1.29, 1.82) is 0 Å². The minimum atomic E-state index is -3.64. The summed E-state index contributed by atoms with van der Waals surface area (Å²) in [5.41, 5.74) is 1.76. The van der Waals surface area contributed by atoms with E-state index in [-0.39, 0.29) is 4.90 Å². The van der Waals surface area contributed by atoms with E-state index in [9.17, 15) is 8.42 Å². The normalized spacial score (nSPS) is 11.6. The lowest BCUT2D eigenvalue weighted by Gasteiger charge is -2.13. The number of ether oxygens (including phenoxy) is 1. The molecule has 0 aliphatic heterocycles. The molecule has 0 aromatic heterocycles. The fourth-order valence-electron chi connectivity index (χ4n) is 1.79. The highest BCUT2D eigenvalue weighted by molar-refractivity contribution is 7.89. The topological polar surface area (TPSA) is 59.0 Å². The van der Waals surface area contributed by atoms with Crippen molar-refractivity contribution in [2.75, 3.05) is 14.2 Å². The third-order valence-corrected chi connectivity index (χ3v) is 4.79. The maximum absolute atomic E-state index is 12.4. The molecule has 6 heteroatoms. The Bertz CT molecular complexity index is 768. The van der Waals surface area contributed by atoms with Crippen LogP contribution in [0.3, 0.4) is 0 Å². The van der Waals surface area contributed by atoms with Gasteiger partial charge in [-0.2, -0.15) is 17.9 Å². The van der Waals surface area contributed by atoms with E-state index in [1.54, 1.807) is 37.4 Å². The van der Waals surface area contributed by atoms with Crippen molar-refractivity contribution in [3.05, 3.63) is 59.7 Å². The zero-order valence-electron chi connectivity index (χ0n) is 12.7. The lowest BCUT2D eigenvalue weighted by atomic mass is 10.2. The number of hydrogen-bond donors (Lipinski definition) is 0. The molecule has 0 heterocycles. The molecule has 2 aromatic carbocycles. The average Bonchev–Trinajstić information content (AvgIpc) is 2.53. The molecule has 0 aliphatic carbocycles. The Kier molecular flexibility index (Phi) is 4.82. The maximum Gasteiger partial charge on any atom is 0.278 e. The fraction of sp³-hybridized carbons (Fsp3) is 0.188. The molecule has 0 N–H and O–H groups in total. The molecule has 0 aliphatic rings. The van der Waals surface area contributed by atoms with E-state index >= 15 is 0 Å². The molecule has 0 saturated heterocycles. The van der Waals surface area contributed by atoms with Gasteiger partial charge in [-0.3, -0.25) is 0 Å². The number of nitrogens with zero attached hydrogens (tertiary/aromatic N) is 2. The molecular formula is C16H18N2O3S. The van der Waals surface area contributed by atoms with Crippen LogP contribution < -0.4 is 4.74 Å². The third kappa shape index (κ3) is 3.65. The number of hydrogen-bond acceptors (Lipinski definition) is 4. The molecular weight excluding hydrogens is 300 g/mol. The maximum atomic E-state index is 12.4. The van der Waals surface area contributed by atoms with E-state index in [0.29, 0.717) is 5.75 Å². The summed E-state index contributed by atoms with van der Waals surface area (Å²) in [5.74, 6) is 0.688. The van der Waals surface area contributed by atoms with Gasteiger partial charge in [-0.25, -0.2) is 0 Å². The van der Waals surface area contributed by atoms with Crippen LogP contribution in [0.15, 0.2) is 58.5 Å². The SMILES string of the molecule is COc1cccc(/C=N/N(C)S(=O)(=O)c2ccc(C)cc2)c1. The molecule has 0 radical (unpaired) electrons. The van der Waals surface area contributed by atoms with Crippen molar-refractivity contribution in [3.8, 4) is 5.75 Å². The number of benzene rings is 2. The summed E-state index contributed by atoms with van der Waals surface area (Å²) >= 11 is 0. The fourth-order valence-corrected chi connectivity index (χ4v) is 2.75. The summed E-state index contributed by atoms with van der Waals surface area (Å²) in [6, 6.07) is 13.9. The van der Waals surface area contributed by atoms with E-state index in [1.807, 2.05) is 25.1 Å². The molecule has 0 bridgehead atoms. The summed E-state index contributed by atoms with van der Waals surface area (Å²) in [7, 11) is -0.655. The number of methoxy groups -OCH3 is 1. The molecule has 22 heavy (non-hydrogen) atoms. The monoisotopic (exact) mass is 318 g/mol. The number of rotatable bonds is 5. The van der Waals surface area contributed by atoms with Crippen molar-refractivity contribution in [2.45, 2.75) is 11.8 Å². The number of hydrazone groups is 1. The van der Waals surface area contributed by atoms with Gasteiger partial charge in [0.05, 0.1) is 18.2 Å². The molecule has 5 nitrogen and oxygen atoms in total. The van der Waals surface area contributed by atoms with Crippen LogP contribution in [0.5, 0.6) is 5.75 Å². The van der Waals surface area contributed by atoms with Crippen molar-refractivity contribution in [3.63, 3.8) is 0 Å². The molecule has 0 spiro atoms. The van der Waals surface area contributed by atoms with Crippen molar-refractivity contribution in [2.24, 2.45) is 5.10 Å². The lowest BCUT2D eigenvalue weighted by Crippen LogP contribution is -2.21. The molecule has 0 atom stereocenters. The highest BCUT2D eigenvalue weighted by Crippen LogP contribution is 2.16. The van der Waals surface area contributed by atoms with Crippen LogP contribution in [-0.2, 0) is 10.0 Å². The Morgan fingerprint density at radius 3 is 2.45 bits per heavy atom. The molecule has 0 fully saturated rings. The van der Waals surface area contributed by atoms with E-state index < -0.39 is 10.0 Å². The van der Waals surface area contributed by atoms with Gasteiger partial charge in [0.2, 0.25) is 0 Å². The van der Waals surface area contributed by atoms with Gasteiger partial charge in [0, 0.05) is 7.05 Å². The molecule has 2 rings (SSSR count). The van der Waals surface area contributed by atoms with Crippen LogP contribution in [0, 0.1) is 6.92 Å². The second kappa shape index (κ2) is 6.62. The van der Waals surface area contributed by atoms with Gasteiger partial charge in [0.15, 0.2) is 0 Å². The number of aryl methyl sites for hydroxylation is 1. The zero-order chi connectivity index (χ0) is 16.2. The van der Waals surface area contributed by atoms with Crippen LogP contribution in [-0.4, -0.2) is 33.2 Å². The second-order valence-corrected chi connectivity index (χ2v) is 6.72. The molecule has 0 amide bonds. The third-order valence-electron chi connectivity index (χ3n) is 3.13. The molecule has 0 saturated carbocycles. The first-order valence-electron chi connectivity index (χ1n) is 6.67. The predicted molar refractivity (Wildman–Crippen MR) is 86.7 cm³/mol. The van der Waals surface area contributed by atoms with Crippen LogP contribution >= 0.6 is 0 Å². The van der Waals surface area contributed by atoms with Gasteiger partial charge in [-0.1, -0.05) is 29.8 Å². The Morgan fingerprint density at radius 1 is 1.14 bits per heavy atom. The largest absolute Gasteiger partial charge is 0.497 e. The van der Waals surface area contributed by atoms with Crippen molar-refractivity contribution >= 4 is 16.2 Å². The van der Waals surface area contributed by atoms with Crippen LogP contribution in [0.1, 0.15) is 11.1 Å². The first-order valence-corrected chi connectivity index (χ1v) is 8.11. The minimum Gasteiger partial charge on any atom is -0.497 e. The van der Waals surface area contributed by atoms with Crippen LogP contribution in [0.25, 0.3) is 0 Å². The summed E-state index contributed by atoms with van der Waals surface area (Å²) in [6.07, 6.45) is 1.48. The van der Waals surface area contributed by atoms with E-state index in [4.69, 9.17) is 4.74 Å². The predicted octanol–water partition coefficient (Wildman–Crippen LogP) is 2.66. The second-order valence-electron chi connectivity index (χ2n) is 4.77. The smallest absolute Gasteiger partial charge is 0.278 e. The minimum absolute atomic E-state index is 0.211. The van der Waals surface area contributed by atoms with Crippen molar-refractivity contribution in [1.82, 2.24) is 4.41 Å². The standard InChI is InChI=1S/C16H18N2O3S/c1-13-7-9-16(10-8-13)22(19,20)18(2)17-12-14-5-4-6-15(11-14)21-3/h4-12H,1-3H3/b17-12+. The van der Waals surface area contributed by atoms with E-state index in [0.717, 1.165) is 15.5 Å². The highest BCUT2D eigenvalue weighted by Gasteiger charge is 2.18. The van der Waals surface area contributed by atoms with Gasteiger partial charge >= 0.3 is 0 Å². The Labute approximate surface area is 130 Å². The lowest BCUT2D eigenvalue weighted by molar-refractivity contribution is 0.414. The highest BCUT2D eigenvalue weighted by atomic mass is 32.2. The van der Waals surface area contributed by atoms with Gasteiger partial charge in [-0.05, 0) is 36.8 Å². The van der Waals surface area contributed by atoms with Crippen LogP contribution in [0.2, 0.25) is 0 Å². The quantitative estimate of drug-likeness (QED) is 0.629. The summed E-state index contributed by atoms with van der Waals surface area (Å²) < 4.78 is 30.8. The van der Waals surface area contributed by atoms with E-state index in [1.165, 1.54) is 13.3 Å². The Hall–Kier alpha value is -2.34. The summed E-state index contributed by atoms with van der Waals surface area (Å²) in [6.45, 7) is 1.90. The van der Waals surface area contributed by atoms with E-state index in [2.05, 4.69) is 5.10 Å². The van der Waals surface area contributed by atoms with Crippen molar-refractivity contribution < 1.29 is 13.2 Å². The molecule has 2 aromatic rings. The zero-order valence-corrected chi connectivity index (χ0v) is 13.5. The first kappa shape index (κ1) is 16.0. The first-order chi connectivity index (χ1) is 10.4. The van der Waals surface area contributed by atoms with Crippen LogP contribution in [0.4, 0.5) is 0 Å². The molecule has 0 unspecified atom stereocenters. The summed E-state index contributed by atoms with van der Waals surface area (Å²) in [5, 5.41) is 4.01. The Morgan fingerprint density at radius 2 is 1.82 bits per heavy atom. The summed E-state index contributed by atoms with van der Waals surface area (Å²) in [4.78, 5) is 0.211. The number of sulfonamides is 1. The van der Waals surface area contributed by atoms with Gasteiger partial charge in [0.25, 0.3) is 10.0 Å². The van der Waals surface area contributed by atoms with Gasteiger partial charge in [0.1, 0.15) is 5.75 Å². The van der Waals surface area contributed by atoms with Gasteiger partial charge < -0.3 is 4.74 Å². The molecule has 116 valence electrons.